The van der Waals surface area contributed by atoms with E-state index in [0.717, 1.165) is 65.4 Å². The Labute approximate surface area is 253 Å². The van der Waals surface area contributed by atoms with Gasteiger partial charge < -0.3 is 15.2 Å². The fraction of sp³-hybridized carbons (Fsp3) is 0.371. The number of nitrogens with zero attached hydrogens (tertiary/aromatic N) is 4. The zero-order valence-corrected chi connectivity index (χ0v) is 25.0. The van der Waals surface area contributed by atoms with Gasteiger partial charge in [-0.1, -0.05) is 29.3 Å². The van der Waals surface area contributed by atoms with E-state index in [1.165, 1.54) is 6.33 Å². The Morgan fingerprint density at radius 2 is 1.86 bits per heavy atom. The molecule has 8 nitrogen and oxygen atoms in total. The molecule has 0 radical (unpaired) electrons. The summed E-state index contributed by atoms with van der Waals surface area (Å²) in [6, 6.07) is 19.6. The number of benzene rings is 2. The highest BCUT2D eigenvalue weighted by molar-refractivity contribution is 6.19. The van der Waals surface area contributed by atoms with E-state index in [-0.39, 0.29) is 23.2 Å². The second kappa shape index (κ2) is 13.2. The van der Waals surface area contributed by atoms with Gasteiger partial charge in [0.2, 0.25) is 0 Å². The normalized spacial score (nSPS) is 18.6. The first kappa shape index (κ1) is 29.9. The van der Waals surface area contributed by atoms with Crippen molar-refractivity contribution >= 4 is 23.0 Å². The van der Waals surface area contributed by atoms with Gasteiger partial charge in [0.1, 0.15) is 35.3 Å². The van der Waals surface area contributed by atoms with Crippen molar-refractivity contribution in [1.82, 2.24) is 14.6 Å². The molecule has 2 heterocycles. The van der Waals surface area contributed by atoms with Crippen LogP contribution in [0.1, 0.15) is 69.7 Å². The maximum atomic E-state index is 13.2. The molecule has 0 amide bonds. The van der Waals surface area contributed by atoms with E-state index in [2.05, 4.69) is 16.0 Å². The average Bonchev–Trinajstić information content (AvgIpc) is 3.00. The molecular weight excluding hydrogens is 538 g/mol. The van der Waals surface area contributed by atoms with Gasteiger partial charge in [0.15, 0.2) is 5.78 Å². The quantitative estimate of drug-likeness (QED) is 0.184. The fourth-order valence-corrected chi connectivity index (χ4v) is 6.08. The lowest BCUT2D eigenvalue weighted by atomic mass is 9.75. The van der Waals surface area contributed by atoms with Crippen LogP contribution >= 0.6 is 0 Å². The summed E-state index contributed by atoms with van der Waals surface area (Å²) in [7, 11) is 0. The lowest BCUT2D eigenvalue weighted by molar-refractivity contribution is -0.116. The van der Waals surface area contributed by atoms with Crippen LogP contribution in [0.4, 0.5) is 5.82 Å². The van der Waals surface area contributed by atoms with Crippen LogP contribution in [0.2, 0.25) is 0 Å². The van der Waals surface area contributed by atoms with Gasteiger partial charge in [-0.2, -0.15) is 5.26 Å². The Bertz CT molecular complexity index is 1610. The highest BCUT2D eigenvalue weighted by Crippen LogP contribution is 2.34. The average molecular weight is 577 g/mol. The zero-order valence-electron chi connectivity index (χ0n) is 25.0. The molecule has 2 aromatic carbocycles. The molecule has 5 rings (SSSR count). The first-order chi connectivity index (χ1) is 20.8. The molecule has 43 heavy (non-hydrogen) atoms. The van der Waals surface area contributed by atoms with Crippen LogP contribution in [-0.2, 0) is 16.0 Å². The number of carbonyl (C=O) groups excluding carboxylic acids is 1. The highest BCUT2D eigenvalue weighted by atomic mass is 16.5. The van der Waals surface area contributed by atoms with Gasteiger partial charge in [-0.05, 0) is 88.4 Å². The number of nitriles is 1. The summed E-state index contributed by atoms with van der Waals surface area (Å²) >= 11 is 0. The lowest BCUT2D eigenvalue weighted by Gasteiger charge is -2.27. The second-order valence-electron chi connectivity index (χ2n) is 11.7. The number of ether oxygens (including phenoxy) is 2. The predicted molar refractivity (Wildman–Crippen MR) is 168 cm³/mol. The number of anilines is 1. The van der Waals surface area contributed by atoms with Crippen LogP contribution in [-0.4, -0.2) is 39.4 Å². The topological polar surface area (TPSA) is 125 Å². The minimum Gasteiger partial charge on any atom is -0.457 e. The summed E-state index contributed by atoms with van der Waals surface area (Å²) in [5.41, 5.74) is 10.2. The van der Waals surface area contributed by atoms with Gasteiger partial charge in [0.25, 0.3) is 5.71 Å². The molecule has 1 aliphatic heterocycles. The number of para-hydroxylation sites is 1. The van der Waals surface area contributed by atoms with Crippen LogP contribution in [0, 0.1) is 23.2 Å². The number of fused-ring (bicyclic) bond motifs is 1. The number of nitrogens with two attached hydrogens (primary N) is 1. The van der Waals surface area contributed by atoms with E-state index >= 15 is 0 Å². The molecule has 8 heteroatoms. The van der Waals surface area contributed by atoms with Crippen molar-refractivity contribution < 1.29 is 14.3 Å². The SMILES string of the molecule is CCOC(C)(C)/C=C(\C#N)C(=O)CC1CCCC(C2=[N+]=C(c3ccc(Oc4ccccc4)cc3)c3c(N)ncnc3C2)C1. The van der Waals surface area contributed by atoms with Crippen molar-refractivity contribution in [3.8, 4) is 17.6 Å². The van der Waals surface area contributed by atoms with Crippen LogP contribution in [0.5, 0.6) is 11.5 Å². The molecule has 1 aromatic heterocycles. The molecule has 1 saturated carbocycles. The monoisotopic (exact) mass is 576 g/mol. The maximum absolute atomic E-state index is 13.2. The number of hydrogen-bond donors (Lipinski definition) is 1. The Morgan fingerprint density at radius 3 is 2.58 bits per heavy atom. The lowest BCUT2D eigenvalue weighted by Crippen LogP contribution is -2.32. The van der Waals surface area contributed by atoms with Gasteiger partial charge in [0, 0.05) is 13.0 Å². The van der Waals surface area contributed by atoms with E-state index in [4.69, 9.17) is 19.9 Å². The first-order valence-electron chi connectivity index (χ1n) is 14.9. The third-order valence-electron chi connectivity index (χ3n) is 8.06. The summed E-state index contributed by atoms with van der Waals surface area (Å²) in [6.07, 6.45) is 7.89. The third kappa shape index (κ3) is 7.26. The summed E-state index contributed by atoms with van der Waals surface area (Å²) in [5, 5.41) is 9.71. The van der Waals surface area contributed by atoms with E-state index in [9.17, 15) is 10.1 Å². The largest absolute Gasteiger partial charge is 0.457 e. The van der Waals surface area contributed by atoms with E-state index in [1.807, 2.05) is 75.4 Å². The van der Waals surface area contributed by atoms with Crippen LogP contribution in [0.15, 0.2) is 72.6 Å². The molecule has 2 unspecified atom stereocenters. The number of carbonyl (C=O) groups is 1. The minimum atomic E-state index is -0.670. The molecule has 0 spiro atoms. The van der Waals surface area contributed by atoms with Crippen LogP contribution in [0.3, 0.4) is 0 Å². The molecule has 2 aliphatic rings. The van der Waals surface area contributed by atoms with Crippen LogP contribution in [0.25, 0.3) is 0 Å². The molecule has 2 N–H and O–H groups in total. The molecule has 0 bridgehead atoms. The maximum Gasteiger partial charge on any atom is 0.346 e. The smallest absolute Gasteiger partial charge is 0.346 e. The summed E-state index contributed by atoms with van der Waals surface area (Å²) in [4.78, 5) is 22.0. The zero-order chi connectivity index (χ0) is 30.4. The van der Waals surface area contributed by atoms with E-state index in [0.29, 0.717) is 25.3 Å². The van der Waals surface area contributed by atoms with Gasteiger partial charge in [-0.3, -0.25) is 4.79 Å². The Balaban J connectivity index is 1.40. The molecule has 1 aliphatic carbocycles. The van der Waals surface area contributed by atoms with Crippen molar-refractivity contribution in [3.63, 3.8) is 0 Å². The first-order valence-corrected chi connectivity index (χ1v) is 14.9. The van der Waals surface area contributed by atoms with Gasteiger partial charge in [-0.25, -0.2) is 9.97 Å². The highest BCUT2D eigenvalue weighted by Gasteiger charge is 2.38. The van der Waals surface area contributed by atoms with Crippen molar-refractivity contribution in [1.29, 1.82) is 5.26 Å². The third-order valence-corrected chi connectivity index (χ3v) is 8.06. The Hall–Kier alpha value is -4.57. The number of Topliss-reactive ketones (excluding diaryl/α,β-unsaturated/α-hetero) is 1. The molecular formula is C35H38N5O3+. The van der Waals surface area contributed by atoms with Gasteiger partial charge in [0.05, 0.1) is 34.8 Å². The molecule has 2 atom stereocenters. The van der Waals surface area contributed by atoms with E-state index < -0.39 is 5.60 Å². The van der Waals surface area contributed by atoms with Crippen LogP contribution < -0.4 is 15.1 Å². The molecule has 0 saturated heterocycles. The van der Waals surface area contributed by atoms with Gasteiger partial charge in [-0.15, -0.1) is 0 Å². The standard InChI is InChI=1S/C35H37N5O3/c1-4-42-35(2,3)20-26(21-36)31(41)18-23-9-8-10-25(17-23)29-19-30-32(34(37)39-22-38-30)33(40-29)24-13-15-28(16-14-24)43-27-11-6-5-7-12-27/h5-7,11-16,20,22-23,25,37H,4,8-10,17-19H2,1-3H3/p+1/b26-20+. The number of nitrogen functional groups attached to an aromatic ring is 1. The number of allylic oxidation sites excluding steroid dienone is 1. The minimum absolute atomic E-state index is 0.123. The summed E-state index contributed by atoms with van der Waals surface area (Å²) in [6.45, 7) is 6.14. The van der Waals surface area contributed by atoms with Crippen molar-refractivity contribution in [2.24, 2.45) is 11.8 Å². The molecule has 3 aromatic rings. The summed E-state index contributed by atoms with van der Waals surface area (Å²) < 4.78 is 16.9. The van der Waals surface area contributed by atoms with Crippen molar-refractivity contribution in [2.45, 2.75) is 64.9 Å². The number of ketones is 1. The van der Waals surface area contributed by atoms with Crippen molar-refractivity contribution in [2.75, 3.05) is 12.3 Å². The number of rotatable bonds is 10. The molecule has 220 valence electrons. The molecule has 1 fully saturated rings. The fourth-order valence-electron chi connectivity index (χ4n) is 6.08. The number of hydrogen-bond acceptors (Lipinski definition) is 7. The predicted octanol–water partition coefficient (Wildman–Crippen LogP) is 5.78. The second-order valence-corrected chi connectivity index (χ2v) is 11.7. The van der Waals surface area contributed by atoms with E-state index in [1.54, 1.807) is 6.08 Å². The Kier molecular flexibility index (Phi) is 9.16. The van der Waals surface area contributed by atoms with Crippen molar-refractivity contribution in [3.05, 3.63) is 89.4 Å². The van der Waals surface area contributed by atoms with Gasteiger partial charge >= 0.3 is 5.71 Å². The number of aromatic nitrogens is 2. The summed E-state index contributed by atoms with van der Waals surface area (Å²) in [5.74, 6) is 2.16. The Morgan fingerprint density at radius 1 is 1.12 bits per heavy atom.